The highest BCUT2D eigenvalue weighted by Gasteiger charge is 2.29. The Morgan fingerprint density at radius 2 is 1.68 bits per heavy atom. The standard InChI is InChI=1S/C23H26N4O4/c1-25-23(29)27(18-7-5-4-6-8-18)21(24-25)16-11-13-26(14-12-16)22(28)17-9-10-19(30-2)20(15-17)31-3/h4-10,15-16H,11-14H2,1-3H3. The maximum absolute atomic E-state index is 13.0. The molecule has 1 amide bonds. The molecule has 0 N–H and O–H groups in total. The van der Waals surface area contributed by atoms with E-state index >= 15 is 0 Å². The lowest BCUT2D eigenvalue weighted by Crippen LogP contribution is -2.38. The molecular weight excluding hydrogens is 396 g/mol. The summed E-state index contributed by atoms with van der Waals surface area (Å²) in [6, 6.07) is 14.7. The number of methoxy groups -OCH3 is 2. The second-order valence-corrected chi connectivity index (χ2v) is 7.57. The van der Waals surface area contributed by atoms with Crippen LogP contribution in [0.2, 0.25) is 0 Å². The minimum atomic E-state index is -0.162. The molecule has 0 saturated carbocycles. The highest BCUT2D eigenvalue weighted by Crippen LogP contribution is 2.31. The van der Waals surface area contributed by atoms with Crippen LogP contribution >= 0.6 is 0 Å². The number of hydrogen-bond acceptors (Lipinski definition) is 5. The van der Waals surface area contributed by atoms with Gasteiger partial charge in [0.15, 0.2) is 11.5 Å². The number of para-hydroxylation sites is 1. The second kappa shape index (κ2) is 8.67. The maximum atomic E-state index is 13.0. The normalized spacial score (nSPS) is 14.5. The molecule has 2 aromatic carbocycles. The van der Waals surface area contributed by atoms with Crippen molar-refractivity contribution in [3.05, 3.63) is 70.4 Å². The number of benzene rings is 2. The SMILES string of the molecule is COc1ccc(C(=O)N2CCC(c3nn(C)c(=O)n3-c3ccccc3)CC2)cc1OC. The van der Waals surface area contributed by atoms with Crippen LogP contribution in [0, 0.1) is 0 Å². The van der Waals surface area contributed by atoms with E-state index in [2.05, 4.69) is 5.10 Å². The first kappa shape index (κ1) is 20.7. The number of ether oxygens (including phenoxy) is 2. The summed E-state index contributed by atoms with van der Waals surface area (Å²) in [4.78, 5) is 27.5. The van der Waals surface area contributed by atoms with Crippen molar-refractivity contribution in [2.75, 3.05) is 27.3 Å². The van der Waals surface area contributed by atoms with Crippen molar-refractivity contribution in [3.63, 3.8) is 0 Å². The number of piperidine rings is 1. The summed E-state index contributed by atoms with van der Waals surface area (Å²) in [6.45, 7) is 1.19. The number of aryl methyl sites for hydroxylation is 1. The fraction of sp³-hybridized carbons (Fsp3) is 0.348. The highest BCUT2D eigenvalue weighted by atomic mass is 16.5. The van der Waals surface area contributed by atoms with Gasteiger partial charge >= 0.3 is 5.69 Å². The quantitative estimate of drug-likeness (QED) is 0.632. The molecule has 8 heteroatoms. The van der Waals surface area contributed by atoms with Crippen LogP contribution in [0.3, 0.4) is 0 Å². The Bertz CT molecular complexity index is 1130. The molecule has 1 aliphatic heterocycles. The fourth-order valence-corrected chi connectivity index (χ4v) is 4.06. The van der Waals surface area contributed by atoms with Crippen LogP contribution in [-0.4, -0.2) is 52.5 Å². The van der Waals surface area contributed by atoms with Gasteiger partial charge in [-0.15, -0.1) is 0 Å². The van der Waals surface area contributed by atoms with Gasteiger partial charge in [-0.25, -0.2) is 14.0 Å². The zero-order valence-corrected chi connectivity index (χ0v) is 17.9. The predicted molar refractivity (Wildman–Crippen MR) is 116 cm³/mol. The Morgan fingerprint density at radius 1 is 1.00 bits per heavy atom. The third-order valence-electron chi connectivity index (χ3n) is 5.74. The average molecular weight is 422 g/mol. The number of rotatable bonds is 5. The molecule has 0 atom stereocenters. The molecule has 31 heavy (non-hydrogen) atoms. The zero-order valence-electron chi connectivity index (χ0n) is 17.9. The van der Waals surface area contributed by atoms with E-state index in [9.17, 15) is 9.59 Å². The van der Waals surface area contributed by atoms with Crippen molar-refractivity contribution in [2.45, 2.75) is 18.8 Å². The smallest absolute Gasteiger partial charge is 0.350 e. The van der Waals surface area contributed by atoms with Gasteiger partial charge in [-0.05, 0) is 43.2 Å². The van der Waals surface area contributed by atoms with Crippen LogP contribution in [0.1, 0.15) is 34.9 Å². The molecule has 1 aromatic heterocycles. The molecule has 0 bridgehead atoms. The van der Waals surface area contributed by atoms with E-state index in [1.807, 2.05) is 35.2 Å². The van der Waals surface area contributed by atoms with Gasteiger partial charge < -0.3 is 14.4 Å². The average Bonchev–Trinajstić information content (AvgIpc) is 3.12. The molecule has 4 rings (SSSR count). The molecule has 1 aliphatic rings. The summed E-state index contributed by atoms with van der Waals surface area (Å²) in [7, 11) is 4.79. The van der Waals surface area contributed by atoms with Crippen LogP contribution in [0.15, 0.2) is 53.3 Å². The van der Waals surface area contributed by atoms with E-state index in [-0.39, 0.29) is 17.5 Å². The Labute approximate surface area is 180 Å². The van der Waals surface area contributed by atoms with Gasteiger partial charge in [0, 0.05) is 31.6 Å². The number of hydrogen-bond donors (Lipinski definition) is 0. The Kier molecular flexibility index (Phi) is 5.79. The van der Waals surface area contributed by atoms with E-state index in [4.69, 9.17) is 9.47 Å². The predicted octanol–water partition coefficient (Wildman–Crippen LogP) is 2.61. The van der Waals surface area contributed by atoms with Crippen LogP contribution < -0.4 is 15.2 Å². The van der Waals surface area contributed by atoms with Crippen LogP contribution in [0.5, 0.6) is 11.5 Å². The van der Waals surface area contributed by atoms with Gasteiger partial charge in [0.1, 0.15) is 5.82 Å². The first-order valence-corrected chi connectivity index (χ1v) is 10.3. The molecule has 162 valence electrons. The van der Waals surface area contributed by atoms with E-state index in [1.54, 1.807) is 44.0 Å². The number of carbonyl (C=O) groups excluding carboxylic acids is 1. The van der Waals surface area contributed by atoms with Gasteiger partial charge in [-0.3, -0.25) is 4.79 Å². The Morgan fingerprint density at radius 3 is 2.32 bits per heavy atom. The summed E-state index contributed by atoms with van der Waals surface area (Å²) < 4.78 is 13.6. The van der Waals surface area contributed by atoms with E-state index in [0.717, 1.165) is 24.4 Å². The van der Waals surface area contributed by atoms with Crippen molar-refractivity contribution in [3.8, 4) is 17.2 Å². The molecule has 0 aliphatic carbocycles. The first-order chi connectivity index (χ1) is 15.0. The molecule has 0 unspecified atom stereocenters. The minimum absolute atomic E-state index is 0.0409. The molecular formula is C23H26N4O4. The second-order valence-electron chi connectivity index (χ2n) is 7.57. The summed E-state index contributed by atoms with van der Waals surface area (Å²) >= 11 is 0. The number of nitrogens with zero attached hydrogens (tertiary/aromatic N) is 4. The Hall–Kier alpha value is -3.55. The monoisotopic (exact) mass is 422 g/mol. The number of likely N-dealkylation sites (tertiary alicyclic amines) is 1. The number of carbonyl (C=O) groups is 1. The topological polar surface area (TPSA) is 78.6 Å². The van der Waals surface area contributed by atoms with Crippen molar-refractivity contribution in [1.29, 1.82) is 0 Å². The van der Waals surface area contributed by atoms with Crippen molar-refractivity contribution in [2.24, 2.45) is 7.05 Å². The molecule has 1 saturated heterocycles. The molecule has 0 spiro atoms. The maximum Gasteiger partial charge on any atom is 0.350 e. The van der Waals surface area contributed by atoms with E-state index in [1.165, 1.54) is 4.68 Å². The minimum Gasteiger partial charge on any atom is -0.493 e. The summed E-state index contributed by atoms with van der Waals surface area (Å²) in [5.41, 5.74) is 1.21. The van der Waals surface area contributed by atoms with Crippen molar-refractivity contribution < 1.29 is 14.3 Å². The lowest BCUT2D eigenvalue weighted by Gasteiger charge is -2.31. The summed E-state index contributed by atoms with van der Waals surface area (Å²) in [6.07, 6.45) is 1.48. The van der Waals surface area contributed by atoms with Crippen molar-refractivity contribution >= 4 is 5.91 Å². The van der Waals surface area contributed by atoms with Gasteiger partial charge in [-0.1, -0.05) is 18.2 Å². The third kappa shape index (κ3) is 3.93. The van der Waals surface area contributed by atoms with Gasteiger partial charge in [-0.2, -0.15) is 5.10 Å². The lowest BCUT2D eigenvalue weighted by atomic mass is 9.95. The fourth-order valence-electron chi connectivity index (χ4n) is 4.06. The zero-order chi connectivity index (χ0) is 22.0. The Balaban J connectivity index is 1.52. The molecule has 0 radical (unpaired) electrons. The number of amides is 1. The van der Waals surface area contributed by atoms with Crippen LogP contribution in [0.4, 0.5) is 0 Å². The van der Waals surface area contributed by atoms with Gasteiger partial charge in [0.05, 0.1) is 19.9 Å². The summed E-state index contributed by atoms with van der Waals surface area (Å²) in [5.74, 6) is 1.93. The van der Waals surface area contributed by atoms with Gasteiger partial charge in [0.2, 0.25) is 0 Å². The lowest BCUT2D eigenvalue weighted by molar-refractivity contribution is 0.0710. The number of aromatic nitrogens is 3. The van der Waals surface area contributed by atoms with Crippen LogP contribution in [0.25, 0.3) is 5.69 Å². The molecule has 1 fully saturated rings. The van der Waals surface area contributed by atoms with E-state index in [0.29, 0.717) is 30.2 Å². The van der Waals surface area contributed by atoms with Gasteiger partial charge in [0.25, 0.3) is 5.91 Å². The first-order valence-electron chi connectivity index (χ1n) is 10.3. The third-order valence-corrected chi connectivity index (χ3v) is 5.74. The van der Waals surface area contributed by atoms with E-state index < -0.39 is 0 Å². The summed E-state index contributed by atoms with van der Waals surface area (Å²) in [5, 5.41) is 4.51. The molecule has 3 aromatic rings. The molecule has 8 nitrogen and oxygen atoms in total. The highest BCUT2D eigenvalue weighted by molar-refractivity contribution is 5.95. The van der Waals surface area contributed by atoms with Crippen LogP contribution in [-0.2, 0) is 7.05 Å². The van der Waals surface area contributed by atoms with Crippen molar-refractivity contribution in [1.82, 2.24) is 19.2 Å². The molecule has 2 heterocycles. The largest absolute Gasteiger partial charge is 0.493 e.